The van der Waals surface area contributed by atoms with Crippen molar-refractivity contribution in [3.63, 3.8) is 0 Å². The molecule has 2 heterocycles. The normalized spacial score (nSPS) is 15.5. The van der Waals surface area contributed by atoms with E-state index >= 15 is 0 Å². The molecule has 0 bridgehead atoms. The van der Waals surface area contributed by atoms with Gasteiger partial charge in [-0.25, -0.2) is 0 Å². The van der Waals surface area contributed by atoms with E-state index in [9.17, 15) is 9.59 Å². The molecule has 126 valence electrons. The summed E-state index contributed by atoms with van der Waals surface area (Å²) in [6.07, 6.45) is 1.43. The zero-order chi connectivity index (χ0) is 17.1. The molecule has 0 unspecified atom stereocenters. The van der Waals surface area contributed by atoms with Gasteiger partial charge in [0.05, 0.1) is 0 Å². The van der Waals surface area contributed by atoms with Crippen molar-refractivity contribution in [2.45, 2.75) is 26.2 Å². The Morgan fingerprint density at radius 3 is 2.46 bits per heavy atom. The van der Waals surface area contributed by atoms with E-state index in [2.05, 4.69) is 10.2 Å². The third-order valence-electron chi connectivity index (χ3n) is 4.22. The van der Waals surface area contributed by atoms with E-state index in [-0.39, 0.29) is 24.0 Å². The number of aryl methyl sites for hydroxylation is 1. The molecule has 1 amide bonds. The molecule has 0 spiro atoms. The first kappa shape index (κ1) is 16.6. The Morgan fingerprint density at radius 1 is 1.21 bits per heavy atom. The van der Waals surface area contributed by atoms with Crippen LogP contribution in [0.3, 0.4) is 0 Å². The van der Waals surface area contributed by atoms with E-state index in [0.717, 1.165) is 0 Å². The Hall–Kier alpha value is -2.21. The third kappa shape index (κ3) is 3.82. The summed E-state index contributed by atoms with van der Waals surface area (Å²) in [5, 5.41) is 8.17. The molecule has 1 aromatic heterocycles. The molecule has 1 aliphatic rings. The van der Waals surface area contributed by atoms with E-state index in [1.54, 1.807) is 36.1 Å². The summed E-state index contributed by atoms with van der Waals surface area (Å²) in [6.45, 7) is 2.82. The van der Waals surface area contributed by atoms with Crippen LogP contribution in [-0.4, -0.2) is 39.9 Å². The van der Waals surface area contributed by atoms with Crippen molar-refractivity contribution in [2.75, 3.05) is 13.1 Å². The SMILES string of the molecule is Cc1nnc(CC(=O)N2CCC(C(=O)c3ccc(Cl)cc3)CC2)o1. The van der Waals surface area contributed by atoms with Crippen LogP contribution in [0, 0.1) is 12.8 Å². The van der Waals surface area contributed by atoms with Gasteiger partial charge in [0, 0.05) is 36.5 Å². The second kappa shape index (κ2) is 7.13. The predicted octanol–water partition coefficient (Wildman–Crippen LogP) is 2.70. The standard InChI is InChI=1S/C17H18ClN3O3/c1-11-19-20-15(24-11)10-16(22)21-8-6-13(7-9-21)17(23)12-2-4-14(18)5-3-12/h2-5,13H,6-10H2,1H3. The highest BCUT2D eigenvalue weighted by molar-refractivity contribution is 6.30. The van der Waals surface area contributed by atoms with Gasteiger partial charge in [-0.15, -0.1) is 10.2 Å². The maximum absolute atomic E-state index is 12.5. The number of carbonyl (C=O) groups excluding carboxylic acids is 2. The zero-order valence-corrected chi connectivity index (χ0v) is 14.1. The smallest absolute Gasteiger partial charge is 0.231 e. The number of amides is 1. The van der Waals surface area contributed by atoms with Crippen LogP contribution in [-0.2, 0) is 11.2 Å². The third-order valence-corrected chi connectivity index (χ3v) is 4.47. The van der Waals surface area contributed by atoms with Crippen molar-refractivity contribution in [1.29, 1.82) is 0 Å². The molecule has 0 aliphatic carbocycles. The summed E-state index contributed by atoms with van der Waals surface area (Å²) in [7, 11) is 0. The number of halogens is 1. The van der Waals surface area contributed by atoms with Crippen LogP contribution < -0.4 is 0 Å². The maximum atomic E-state index is 12.5. The number of Topliss-reactive ketones (excluding diaryl/α,β-unsaturated/α-hetero) is 1. The van der Waals surface area contributed by atoms with Crippen molar-refractivity contribution in [1.82, 2.24) is 15.1 Å². The molecular formula is C17H18ClN3O3. The number of hydrogen-bond donors (Lipinski definition) is 0. The number of carbonyl (C=O) groups is 2. The van der Waals surface area contributed by atoms with Gasteiger partial charge in [0.15, 0.2) is 5.78 Å². The molecule has 0 atom stereocenters. The van der Waals surface area contributed by atoms with Gasteiger partial charge in [0.1, 0.15) is 6.42 Å². The van der Waals surface area contributed by atoms with Crippen LogP contribution in [0.2, 0.25) is 5.02 Å². The minimum absolute atomic E-state index is 0.0453. The molecule has 3 rings (SSSR count). The van der Waals surface area contributed by atoms with Gasteiger partial charge in [-0.2, -0.15) is 0 Å². The lowest BCUT2D eigenvalue weighted by Crippen LogP contribution is -2.41. The summed E-state index contributed by atoms with van der Waals surface area (Å²) in [5.74, 6) is 0.796. The van der Waals surface area contributed by atoms with E-state index < -0.39 is 0 Å². The average molecular weight is 348 g/mol. The van der Waals surface area contributed by atoms with Gasteiger partial charge in [-0.1, -0.05) is 11.6 Å². The molecule has 1 fully saturated rings. The summed E-state index contributed by atoms with van der Waals surface area (Å²) in [6, 6.07) is 6.94. The largest absolute Gasteiger partial charge is 0.425 e. The summed E-state index contributed by atoms with van der Waals surface area (Å²) in [4.78, 5) is 26.5. The average Bonchev–Trinajstić information content (AvgIpc) is 3.00. The molecule has 6 nitrogen and oxygen atoms in total. The number of aromatic nitrogens is 2. The predicted molar refractivity (Wildman–Crippen MR) is 87.8 cm³/mol. The maximum Gasteiger partial charge on any atom is 0.231 e. The Kier molecular flexibility index (Phi) is 4.94. The van der Waals surface area contributed by atoms with Crippen LogP contribution >= 0.6 is 11.6 Å². The first-order valence-corrected chi connectivity index (χ1v) is 8.27. The molecule has 1 saturated heterocycles. The second-order valence-electron chi connectivity index (χ2n) is 5.92. The van der Waals surface area contributed by atoms with Crippen molar-refractivity contribution in [3.05, 3.63) is 46.6 Å². The number of benzene rings is 1. The first-order chi connectivity index (χ1) is 11.5. The Bertz CT molecular complexity index is 734. The van der Waals surface area contributed by atoms with Crippen molar-refractivity contribution in [2.24, 2.45) is 5.92 Å². The van der Waals surface area contributed by atoms with E-state index in [4.69, 9.17) is 16.0 Å². The van der Waals surface area contributed by atoms with Crippen molar-refractivity contribution in [3.8, 4) is 0 Å². The summed E-state index contributed by atoms with van der Waals surface area (Å²) >= 11 is 5.85. The van der Waals surface area contributed by atoms with Gasteiger partial charge >= 0.3 is 0 Å². The van der Waals surface area contributed by atoms with Gasteiger partial charge in [0.25, 0.3) is 0 Å². The Balaban J connectivity index is 1.54. The molecular weight excluding hydrogens is 330 g/mol. The quantitative estimate of drug-likeness (QED) is 0.795. The molecule has 0 radical (unpaired) electrons. The lowest BCUT2D eigenvalue weighted by atomic mass is 9.89. The van der Waals surface area contributed by atoms with Crippen molar-refractivity contribution >= 4 is 23.3 Å². The fraction of sp³-hybridized carbons (Fsp3) is 0.412. The van der Waals surface area contributed by atoms with Crippen LogP contribution in [0.4, 0.5) is 0 Å². The topological polar surface area (TPSA) is 76.3 Å². The lowest BCUT2D eigenvalue weighted by Gasteiger charge is -2.31. The molecule has 24 heavy (non-hydrogen) atoms. The number of nitrogens with zero attached hydrogens (tertiary/aromatic N) is 3. The molecule has 0 N–H and O–H groups in total. The van der Waals surface area contributed by atoms with Gasteiger partial charge < -0.3 is 9.32 Å². The minimum atomic E-state index is -0.0547. The summed E-state index contributed by atoms with van der Waals surface area (Å²) in [5.41, 5.74) is 0.672. The van der Waals surface area contributed by atoms with Gasteiger partial charge in [-0.3, -0.25) is 9.59 Å². The van der Waals surface area contributed by atoms with E-state index in [1.165, 1.54) is 0 Å². The van der Waals surface area contributed by atoms with Crippen LogP contribution in [0.25, 0.3) is 0 Å². The molecule has 0 saturated carbocycles. The number of rotatable bonds is 4. The van der Waals surface area contributed by atoms with Crippen LogP contribution in [0.15, 0.2) is 28.7 Å². The number of likely N-dealkylation sites (tertiary alicyclic amines) is 1. The first-order valence-electron chi connectivity index (χ1n) is 7.89. The molecule has 1 aromatic carbocycles. The van der Waals surface area contributed by atoms with Crippen molar-refractivity contribution < 1.29 is 14.0 Å². The highest BCUT2D eigenvalue weighted by atomic mass is 35.5. The molecule has 7 heteroatoms. The van der Waals surface area contributed by atoms with Gasteiger partial charge in [-0.05, 0) is 37.1 Å². The zero-order valence-electron chi connectivity index (χ0n) is 13.4. The minimum Gasteiger partial charge on any atom is -0.425 e. The number of ketones is 1. The monoisotopic (exact) mass is 347 g/mol. The number of piperidine rings is 1. The Morgan fingerprint density at radius 2 is 1.88 bits per heavy atom. The summed E-state index contributed by atoms with van der Waals surface area (Å²) < 4.78 is 5.24. The van der Waals surface area contributed by atoms with E-state index in [0.29, 0.717) is 48.3 Å². The highest BCUT2D eigenvalue weighted by Crippen LogP contribution is 2.23. The fourth-order valence-corrected chi connectivity index (χ4v) is 3.02. The molecule has 2 aromatic rings. The molecule has 1 aliphatic heterocycles. The Labute approximate surface area is 144 Å². The van der Waals surface area contributed by atoms with Crippen LogP contribution in [0.1, 0.15) is 35.0 Å². The lowest BCUT2D eigenvalue weighted by molar-refractivity contribution is -0.132. The van der Waals surface area contributed by atoms with Gasteiger partial charge in [0.2, 0.25) is 17.7 Å². The van der Waals surface area contributed by atoms with E-state index in [1.807, 2.05) is 0 Å². The fourth-order valence-electron chi connectivity index (χ4n) is 2.89. The number of hydrogen-bond acceptors (Lipinski definition) is 5. The highest BCUT2D eigenvalue weighted by Gasteiger charge is 2.28. The second-order valence-corrected chi connectivity index (χ2v) is 6.35. The van der Waals surface area contributed by atoms with Crippen LogP contribution in [0.5, 0.6) is 0 Å².